The van der Waals surface area contributed by atoms with Crippen molar-refractivity contribution in [3.63, 3.8) is 0 Å². The summed E-state index contributed by atoms with van der Waals surface area (Å²) >= 11 is 0. The predicted octanol–water partition coefficient (Wildman–Crippen LogP) is 5.30. The topological polar surface area (TPSA) is 133 Å². The lowest BCUT2D eigenvalue weighted by molar-refractivity contribution is -0.132. The second-order valence-electron chi connectivity index (χ2n) is 12.6. The van der Waals surface area contributed by atoms with Gasteiger partial charge < -0.3 is 19.3 Å². The molecule has 0 N–H and O–H groups in total. The number of hydrogen-bond acceptors (Lipinski definition) is 9. The number of anilines is 1. The number of sulfonamides is 1. The summed E-state index contributed by atoms with van der Waals surface area (Å²) < 4.78 is 41.2. The lowest BCUT2D eigenvalue weighted by Crippen LogP contribution is -2.50. The number of likely N-dealkylation sites (tertiary alicyclic amines) is 2. The van der Waals surface area contributed by atoms with Gasteiger partial charge in [-0.1, -0.05) is 25.1 Å². The molecule has 252 valence electrons. The molecular weight excluding hydrogens is 630 g/mol. The highest BCUT2D eigenvalue weighted by Gasteiger charge is 2.61. The molecule has 0 bridgehead atoms. The zero-order valence-electron chi connectivity index (χ0n) is 27.4. The van der Waals surface area contributed by atoms with Gasteiger partial charge in [0.1, 0.15) is 0 Å². The first-order valence-corrected chi connectivity index (χ1v) is 18.2. The average molecular weight is 672 g/mol. The molecule has 0 aliphatic carbocycles. The van der Waals surface area contributed by atoms with Crippen molar-refractivity contribution in [2.24, 2.45) is 11.8 Å². The number of benzene rings is 2. The molecule has 3 aliphatic rings. The van der Waals surface area contributed by atoms with Crippen LogP contribution in [0.2, 0.25) is 0 Å². The molecule has 6 rings (SSSR count). The van der Waals surface area contributed by atoms with E-state index in [2.05, 4.69) is 22.9 Å². The molecule has 0 saturated carbocycles. The quantitative estimate of drug-likeness (QED) is 0.297. The monoisotopic (exact) mass is 671 g/mol. The summed E-state index contributed by atoms with van der Waals surface area (Å²) in [6, 6.07) is 17.0. The summed E-state index contributed by atoms with van der Waals surface area (Å²) in [4.78, 5) is 37.4. The Labute approximate surface area is 282 Å². The average Bonchev–Trinajstić information content (AvgIpc) is 3.37. The molecule has 1 unspecified atom stereocenters. The Kier molecular flexibility index (Phi) is 9.71. The first-order chi connectivity index (χ1) is 23.2. The summed E-state index contributed by atoms with van der Waals surface area (Å²) in [6.07, 6.45) is 5.81. The predicted molar refractivity (Wildman–Crippen MR) is 179 cm³/mol. The number of nitrogens with zero attached hydrogens (tertiary/aromatic N) is 5. The van der Waals surface area contributed by atoms with Crippen LogP contribution in [0.4, 0.5) is 10.5 Å². The number of pyridine rings is 1. The van der Waals surface area contributed by atoms with Crippen LogP contribution in [0.5, 0.6) is 5.88 Å². The number of hydrogen-bond donors (Lipinski definition) is 0. The second-order valence-corrected chi connectivity index (χ2v) is 14.4. The van der Waals surface area contributed by atoms with Crippen molar-refractivity contribution in [2.45, 2.75) is 56.4 Å². The number of carbonyl (C=O) groups excluding carboxylic acids is 2. The second kappa shape index (κ2) is 13.9. The maximum absolute atomic E-state index is 14.9. The Hall–Kier alpha value is -4.47. The first kappa shape index (κ1) is 33.4. The van der Waals surface area contributed by atoms with Crippen molar-refractivity contribution < 1.29 is 27.5 Å². The number of carbonyl (C=O) groups is 2. The molecule has 2 amide bonds. The van der Waals surface area contributed by atoms with Crippen molar-refractivity contribution in [2.75, 3.05) is 43.6 Å². The molecule has 0 radical (unpaired) electrons. The van der Waals surface area contributed by atoms with E-state index in [9.17, 15) is 23.3 Å². The van der Waals surface area contributed by atoms with Crippen LogP contribution in [-0.4, -0.2) is 74.5 Å². The minimum absolute atomic E-state index is 0.0153. The van der Waals surface area contributed by atoms with E-state index in [1.807, 2.05) is 0 Å². The highest BCUT2D eigenvalue weighted by Crippen LogP contribution is 2.51. The van der Waals surface area contributed by atoms with E-state index in [0.29, 0.717) is 29.2 Å². The molecule has 48 heavy (non-hydrogen) atoms. The van der Waals surface area contributed by atoms with Gasteiger partial charge in [-0.3, -0.25) is 4.79 Å². The van der Waals surface area contributed by atoms with Crippen LogP contribution in [0.15, 0.2) is 71.8 Å². The highest BCUT2D eigenvalue weighted by molar-refractivity contribution is 7.93. The number of ether oxygens (including phenoxy) is 2. The zero-order valence-corrected chi connectivity index (χ0v) is 28.2. The van der Waals surface area contributed by atoms with Crippen LogP contribution in [-0.2, 0) is 25.2 Å². The number of aromatic nitrogens is 1. The first-order valence-electron chi connectivity index (χ1n) is 16.7. The van der Waals surface area contributed by atoms with E-state index < -0.39 is 27.6 Å². The maximum atomic E-state index is 14.9. The van der Waals surface area contributed by atoms with E-state index in [-0.39, 0.29) is 39.8 Å². The van der Waals surface area contributed by atoms with Crippen LogP contribution < -0.4 is 9.04 Å². The Balaban J connectivity index is 1.37. The third-order valence-electron chi connectivity index (χ3n) is 9.80. The number of nitriles is 1. The van der Waals surface area contributed by atoms with Gasteiger partial charge in [-0.25, -0.2) is 18.2 Å². The summed E-state index contributed by atoms with van der Waals surface area (Å²) in [7, 11) is -4.48. The number of amides is 2. The van der Waals surface area contributed by atoms with Crippen molar-refractivity contribution in [3.8, 4) is 11.9 Å². The molecule has 2 fully saturated rings. The lowest BCUT2D eigenvalue weighted by Gasteiger charge is -2.40. The third kappa shape index (κ3) is 6.01. The Morgan fingerprint density at radius 3 is 2.29 bits per heavy atom. The van der Waals surface area contributed by atoms with Gasteiger partial charge in [-0.05, 0) is 113 Å². The Morgan fingerprint density at radius 1 is 0.958 bits per heavy atom. The van der Waals surface area contributed by atoms with E-state index in [0.717, 1.165) is 51.7 Å². The smallest absolute Gasteiger partial charge is 0.411 e. The molecule has 1 aromatic heterocycles. The fourth-order valence-corrected chi connectivity index (χ4v) is 8.88. The van der Waals surface area contributed by atoms with Crippen LogP contribution in [0.25, 0.3) is 0 Å². The molecular formula is C36H41N5O6S. The minimum atomic E-state index is -4.48. The van der Waals surface area contributed by atoms with Gasteiger partial charge >= 0.3 is 6.09 Å². The van der Waals surface area contributed by atoms with Gasteiger partial charge in [-0.15, -0.1) is 0 Å². The molecule has 0 spiro atoms. The molecule has 4 heterocycles. The van der Waals surface area contributed by atoms with Crippen molar-refractivity contribution >= 4 is 27.7 Å². The van der Waals surface area contributed by atoms with E-state index in [1.54, 1.807) is 42.2 Å². The normalized spacial score (nSPS) is 20.7. The van der Waals surface area contributed by atoms with Crippen LogP contribution in [0.3, 0.4) is 0 Å². The van der Waals surface area contributed by atoms with Gasteiger partial charge in [-0.2, -0.15) is 9.57 Å². The molecule has 3 aliphatic heterocycles. The zero-order chi connectivity index (χ0) is 33.9. The minimum Gasteiger partial charge on any atom is -0.478 e. The van der Waals surface area contributed by atoms with Crippen molar-refractivity contribution in [1.29, 1.82) is 5.26 Å². The van der Waals surface area contributed by atoms with Gasteiger partial charge in [0.25, 0.3) is 21.5 Å². The largest absolute Gasteiger partial charge is 0.478 e. The summed E-state index contributed by atoms with van der Waals surface area (Å²) in [6.45, 7) is 8.37. The van der Waals surface area contributed by atoms with E-state index in [1.165, 1.54) is 36.5 Å². The van der Waals surface area contributed by atoms with Crippen molar-refractivity contribution in [1.82, 2.24) is 14.8 Å². The fourth-order valence-electron chi connectivity index (χ4n) is 7.41. The van der Waals surface area contributed by atoms with Gasteiger partial charge in [0, 0.05) is 24.8 Å². The van der Waals surface area contributed by atoms with E-state index in [4.69, 9.17) is 9.47 Å². The van der Waals surface area contributed by atoms with Crippen LogP contribution >= 0.6 is 0 Å². The molecule has 2 aromatic carbocycles. The summed E-state index contributed by atoms with van der Waals surface area (Å²) in [5.41, 5.74) is -2.05. The fraction of sp³-hybridized carbons (Fsp3) is 0.444. The molecule has 11 nitrogen and oxygen atoms in total. The molecule has 2 saturated heterocycles. The SMILES string of the molecule is CCCN1CCC(C2CCN(C(=O)OC3(c4cccnc4OCC)C(=O)N(S(=O)(=O)c4ccccc4)c4ccc(C#N)cc43)CC2)CC1. The number of rotatable bonds is 9. The Bertz CT molecular complexity index is 1800. The van der Waals surface area contributed by atoms with Gasteiger partial charge in [0.05, 0.1) is 34.4 Å². The Morgan fingerprint density at radius 2 is 1.65 bits per heavy atom. The summed E-state index contributed by atoms with van der Waals surface area (Å²) in [5, 5.41) is 9.85. The third-order valence-corrected chi connectivity index (χ3v) is 11.5. The molecule has 12 heteroatoms. The molecule has 1 atom stereocenters. The van der Waals surface area contributed by atoms with E-state index >= 15 is 0 Å². The standard InChI is InChI=1S/C36H41N5O6S/c1-3-19-39-20-14-27(15-21-39)28-16-22-40(23-17-28)35(43)47-36(30-11-8-18-38-33(30)46-4-2)31-24-26(25-37)12-13-32(31)41(34(36)42)48(44,45)29-9-6-5-7-10-29/h5-13,18,24,27-28H,3-4,14-17,19-23H2,1-2H3. The van der Waals surface area contributed by atoms with Gasteiger partial charge in [0.2, 0.25) is 5.88 Å². The van der Waals surface area contributed by atoms with Crippen LogP contribution in [0, 0.1) is 23.2 Å². The highest BCUT2D eigenvalue weighted by atomic mass is 32.2. The summed E-state index contributed by atoms with van der Waals surface area (Å²) in [5.74, 6) is 0.0958. The number of fused-ring (bicyclic) bond motifs is 1. The van der Waals surface area contributed by atoms with Crippen LogP contribution in [0.1, 0.15) is 62.6 Å². The number of piperidine rings is 2. The lowest BCUT2D eigenvalue weighted by atomic mass is 9.79. The molecule has 3 aromatic rings. The van der Waals surface area contributed by atoms with Crippen molar-refractivity contribution in [3.05, 3.63) is 83.6 Å². The maximum Gasteiger partial charge on any atom is 0.411 e. The van der Waals surface area contributed by atoms with Gasteiger partial charge in [0.15, 0.2) is 0 Å².